The number of amides is 1. The predicted molar refractivity (Wildman–Crippen MR) is 95.5 cm³/mol. The molecule has 5 heteroatoms. The number of aliphatic hydroxyl groups is 1. The Balaban J connectivity index is 1.43. The molecule has 2 aromatic carbocycles. The van der Waals surface area contributed by atoms with Crippen LogP contribution in [-0.2, 0) is 11.2 Å². The smallest absolute Gasteiger partial charge is 0.220 e. The van der Waals surface area contributed by atoms with Crippen LogP contribution in [0.3, 0.4) is 0 Å². The van der Waals surface area contributed by atoms with Gasteiger partial charge in [0.25, 0.3) is 0 Å². The predicted octanol–water partition coefficient (Wildman–Crippen LogP) is 2.92. The average molecular weight is 339 g/mol. The average Bonchev–Trinajstić information content (AvgIpc) is 3.16. The van der Waals surface area contributed by atoms with Crippen LogP contribution >= 0.6 is 0 Å². The second-order valence-corrected chi connectivity index (χ2v) is 5.83. The topological polar surface area (TPSA) is 71.7 Å². The number of furan rings is 1. The molecule has 1 aromatic heterocycles. The number of carbonyl (C=O) groups excluding carboxylic acids is 1. The molecule has 0 spiro atoms. The molecule has 25 heavy (non-hydrogen) atoms. The molecule has 0 saturated carbocycles. The minimum absolute atomic E-state index is 0.118. The Morgan fingerprint density at radius 1 is 1.12 bits per heavy atom. The number of benzene rings is 2. The summed E-state index contributed by atoms with van der Waals surface area (Å²) >= 11 is 0. The van der Waals surface area contributed by atoms with Gasteiger partial charge in [-0.15, -0.1) is 0 Å². The Labute approximate surface area is 146 Å². The van der Waals surface area contributed by atoms with Gasteiger partial charge in [0.15, 0.2) is 0 Å². The van der Waals surface area contributed by atoms with Crippen LogP contribution < -0.4 is 10.1 Å². The first-order valence-electron chi connectivity index (χ1n) is 8.30. The van der Waals surface area contributed by atoms with E-state index in [1.54, 1.807) is 12.3 Å². The van der Waals surface area contributed by atoms with Crippen LogP contribution in [0.25, 0.3) is 10.8 Å². The van der Waals surface area contributed by atoms with Gasteiger partial charge in [0.2, 0.25) is 5.91 Å². The quantitative estimate of drug-likeness (QED) is 0.662. The number of hydrogen-bond donors (Lipinski definition) is 2. The number of nitrogens with one attached hydrogen (secondary N) is 1. The van der Waals surface area contributed by atoms with Crippen LogP contribution in [0.2, 0.25) is 0 Å². The van der Waals surface area contributed by atoms with Crippen LogP contribution in [0, 0.1) is 0 Å². The summed E-state index contributed by atoms with van der Waals surface area (Å²) in [5, 5.41) is 14.8. The number of fused-ring (bicyclic) bond motifs is 1. The Bertz CT molecular complexity index is 808. The maximum Gasteiger partial charge on any atom is 0.220 e. The van der Waals surface area contributed by atoms with E-state index in [2.05, 4.69) is 5.32 Å². The lowest BCUT2D eigenvalue weighted by atomic mass is 10.1. The minimum atomic E-state index is -0.772. The van der Waals surface area contributed by atoms with Gasteiger partial charge in [-0.05, 0) is 23.6 Å². The minimum Gasteiger partial charge on any atom is -0.490 e. The third-order valence-electron chi connectivity index (χ3n) is 3.89. The Morgan fingerprint density at radius 3 is 2.80 bits per heavy atom. The van der Waals surface area contributed by atoms with E-state index in [9.17, 15) is 9.90 Å². The monoisotopic (exact) mass is 339 g/mol. The molecule has 3 aromatic rings. The number of hydrogen-bond acceptors (Lipinski definition) is 4. The van der Waals surface area contributed by atoms with Gasteiger partial charge in [-0.2, -0.15) is 0 Å². The van der Waals surface area contributed by atoms with E-state index >= 15 is 0 Å². The van der Waals surface area contributed by atoms with Gasteiger partial charge in [-0.3, -0.25) is 4.79 Å². The molecule has 130 valence electrons. The zero-order chi connectivity index (χ0) is 17.5. The number of aliphatic hydroxyl groups excluding tert-OH is 1. The first-order valence-corrected chi connectivity index (χ1v) is 8.30. The van der Waals surface area contributed by atoms with E-state index in [-0.39, 0.29) is 19.1 Å². The van der Waals surface area contributed by atoms with E-state index in [0.29, 0.717) is 12.8 Å². The molecule has 5 nitrogen and oxygen atoms in total. The van der Waals surface area contributed by atoms with Crippen molar-refractivity contribution < 1.29 is 19.1 Å². The summed E-state index contributed by atoms with van der Waals surface area (Å²) < 4.78 is 10.9. The molecule has 0 unspecified atom stereocenters. The zero-order valence-electron chi connectivity index (χ0n) is 13.9. The lowest BCUT2D eigenvalue weighted by Crippen LogP contribution is -2.35. The molecule has 0 bridgehead atoms. The summed E-state index contributed by atoms with van der Waals surface area (Å²) in [5.41, 5.74) is 0. The van der Waals surface area contributed by atoms with Crippen molar-refractivity contribution in [1.82, 2.24) is 5.32 Å². The van der Waals surface area contributed by atoms with Crippen LogP contribution in [0.4, 0.5) is 0 Å². The van der Waals surface area contributed by atoms with Crippen molar-refractivity contribution in [2.75, 3.05) is 13.2 Å². The van der Waals surface area contributed by atoms with Crippen LogP contribution in [0.1, 0.15) is 12.2 Å². The molecule has 0 aliphatic rings. The highest BCUT2D eigenvalue weighted by molar-refractivity contribution is 5.88. The molecule has 1 amide bonds. The van der Waals surface area contributed by atoms with Gasteiger partial charge >= 0.3 is 0 Å². The van der Waals surface area contributed by atoms with Crippen molar-refractivity contribution >= 4 is 16.7 Å². The Kier molecular flexibility index (Phi) is 5.69. The highest BCUT2D eigenvalue weighted by atomic mass is 16.5. The lowest BCUT2D eigenvalue weighted by molar-refractivity contribution is -0.121. The Morgan fingerprint density at radius 2 is 1.96 bits per heavy atom. The van der Waals surface area contributed by atoms with E-state index < -0.39 is 6.10 Å². The zero-order valence-corrected chi connectivity index (χ0v) is 13.9. The molecule has 1 atom stereocenters. The molecular formula is C20H21NO4. The standard InChI is InChI=1S/C20H21NO4/c22-16(13-21-20(23)11-10-17-7-4-12-24-17)14-25-19-9-3-6-15-5-1-2-8-18(15)19/h1-9,12,16,22H,10-11,13-14H2,(H,21,23)/t16-/m0/s1. The molecular weight excluding hydrogens is 318 g/mol. The van der Waals surface area contributed by atoms with Gasteiger partial charge in [0.05, 0.1) is 6.26 Å². The maximum atomic E-state index is 11.8. The molecule has 1 heterocycles. The Hall–Kier alpha value is -2.79. The van der Waals surface area contributed by atoms with Crippen LogP contribution in [0.15, 0.2) is 65.3 Å². The van der Waals surface area contributed by atoms with Gasteiger partial charge in [0.1, 0.15) is 24.2 Å². The fraction of sp³-hybridized carbons (Fsp3) is 0.250. The third kappa shape index (κ3) is 4.84. The fourth-order valence-electron chi connectivity index (χ4n) is 2.58. The second kappa shape index (κ2) is 8.35. The molecule has 0 saturated heterocycles. The van der Waals surface area contributed by atoms with Crippen molar-refractivity contribution in [3.05, 3.63) is 66.6 Å². The van der Waals surface area contributed by atoms with E-state index in [1.807, 2.05) is 48.5 Å². The summed E-state index contributed by atoms with van der Waals surface area (Å²) in [6.07, 6.45) is 1.68. The summed E-state index contributed by atoms with van der Waals surface area (Å²) in [6, 6.07) is 17.3. The lowest BCUT2D eigenvalue weighted by Gasteiger charge is -2.14. The first kappa shape index (κ1) is 17.0. The number of ether oxygens (including phenoxy) is 1. The van der Waals surface area contributed by atoms with Crippen molar-refractivity contribution in [3.63, 3.8) is 0 Å². The van der Waals surface area contributed by atoms with E-state index in [4.69, 9.17) is 9.15 Å². The fourth-order valence-corrected chi connectivity index (χ4v) is 2.58. The highest BCUT2D eigenvalue weighted by Crippen LogP contribution is 2.25. The summed E-state index contributed by atoms with van der Waals surface area (Å²) in [4.78, 5) is 11.8. The van der Waals surface area contributed by atoms with Gasteiger partial charge in [-0.1, -0.05) is 36.4 Å². The van der Waals surface area contributed by atoms with Gasteiger partial charge < -0.3 is 19.6 Å². The van der Waals surface area contributed by atoms with Crippen molar-refractivity contribution in [3.8, 4) is 5.75 Å². The summed E-state index contributed by atoms with van der Waals surface area (Å²) in [7, 11) is 0. The molecule has 0 radical (unpaired) electrons. The van der Waals surface area contributed by atoms with Crippen LogP contribution in [-0.4, -0.2) is 30.3 Å². The van der Waals surface area contributed by atoms with Gasteiger partial charge in [0, 0.05) is 24.8 Å². The summed E-state index contributed by atoms with van der Waals surface area (Å²) in [5.74, 6) is 1.37. The largest absolute Gasteiger partial charge is 0.490 e. The van der Waals surface area contributed by atoms with Gasteiger partial charge in [-0.25, -0.2) is 0 Å². The van der Waals surface area contributed by atoms with Crippen molar-refractivity contribution in [2.24, 2.45) is 0 Å². The third-order valence-corrected chi connectivity index (χ3v) is 3.89. The molecule has 0 aliphatic carbocycles. The number of carbonyl (C=O) groups is 1. The molecule has 2 N–H and O–H groups in total. The van der Waals surface area contributed by atoms with E-state index in [0.717, 1.165) is 22.3 Å². The normalized spacial score (nSPS) is 12.0. The maximum absolute atomic E-state index is 11.8. The highest BCUT2D eigenvalue weighted by Gasteiger charge is 2.10. The second-order valence-electron chi connectivity index (χ2n) is 5.83. The van der Waals surface area contributed by atoms with E-state index in [1.165, 1.54) is 0 Å². The summed E-state index contributed by atoms with van der Waals surface area (Å²) in [6.45, 7) is 0.272. The molecule has 0 fully saturated rings. The molecule has 0 aliphatic heterocycles. The molecule has 3 rings (SSSR count). The van der Waals surface area contributed by atoms with Crippen molar-refractivity contribution in [2.45, 2.75) is 18.9 Å². The van der Waals surface area contributed by atoms with Crippen LogP contribution in [0.5, 0.6) is 5.75 Å². The SMILES string of the molecule is O=C(CCc1ccco1)NC[C@H](O)COc1cccc2ccccc12. The first-order chi connectivity index (χ1) is 12.2. The number of aryl methyl sites for hydroxylation is 1. The number of rotatable bonds is 8. The van der Waals surface area contributed by atoms with Crippen molar-refractivity contribution in [1.29, 1.82) is 0 Å².